The summed E-state index contributed by atoms with van der Waals surface area (Å²) in [5.74, 6) is -0.0916. The van der Waals surface area contributed by atoms with Crippen LogP contribution in [-0.4, -0.2) is 28.2 Å². The van der Waals surface area contributed by atoms with Gasteiger partial charge in [-0.3, -0.25) is 4.79 Å². The van der Waals surface area contributed by atoms with E-state index >= 15 is 0 Å². The van der Waals surface area contributed by atoms with Crippen LogP contribution in [0.5, 0.6) is 0 Å². The van der Waals surface area contributed by atoms with E-state index in [2.05, 4.69) is 21.7 Å². The van der Waals surface area contributed by atoms with Crippen molar-refractivity contribution in [1.82, 2.24) is 14.9 Å². The summed E-state index contributed by atoms with van der Waals surface area (Å²) in [5, 5.41) is 19.7. The first kappa shape index (κ1) is 22.8. The molecule has 0 aromatic carbocycles. The highest BCUT2D eigenvalue weighted by Gasteiger charge is 2.27. The molecule has 10 heteroatoms. The number of nitrogens with one attached hydrogen (secondary N) is 2. The monoisotopic (exact) mass is 481 g/mol. The first-order chi connectivity index (χ1) is 16.0. The third-order valence-corrected chi connectivity index (χ3v) is 7.18. The molecule has 3 heterocycles. The third-order valence-electron chi connectivity index (χ3n) is 5.31. The van der Waals surface area contributed by atoms with E-state index in [-0.39, 0.29) is 11.8 Å². The van der Waals surface area contributed by atoms with Crippen molar-refractivity contribution in [2.75, 3.05) is 11.9 Å². The quantitative estimate of drug-likeness (QED) is 0.494. The fraction of sp³-hybridized carbons (Fsp3) is 0.304. The van der Waals surface area contributed by atoms with E-state index in [1.807, 2.05) is 34.6 Å². The van der Waals surface area contributed by atoms with Crippen LogP contribution >= 0.6 is 22.7 Å². The molecule has 0 fully saturated rings. The summed E-state index contributed by atoms with van der Waals surface area (Å²) in [5.41, 5.74) is 3.27. The fourth-order valence-electron chi connectivity index (χ4n) is 3.66. The van der Waals surface area contributed by atoms with Gasteiger partial charge in [0.1, 0.15) is 11.1 Å². The summed E-state index contributed by atoms with van der Waals surface area (Å²) in [4.78, 5) is 29.6. The van der Waals surface area contributed by atoms with Crippen LogP contribution in [0.15, 0.2) is 35.4 Å². The molecule has 0 saturated heterocycles. The second kappa shape index (κ2) is 10.5. The lowest BCUT2D eigenvalue weighted by Crippen LogP contribution is -2.27. The Labute approximate surface area is 199 Å². The number of aromatic nitrogens is 2. The number of carbonyl (C=O) groups is 2. The minimum atomic E-state index is -0.472. The second-order valence-corrected chi connectivity index (χ2v) is 9.68. The normalized spacial score (nSPS) is 15.1. The molecule has 0 radical (unpaired) electrons. The van der Waals surface area contributed by atoms with Crippen molar-refractivity contribution in [2.24, 2.45) is 13.0 Å². The van der Waals surface area contributed by atoms with Crippen LogP contribution in [0.4, 0.5) is 9.80 Å². The van der Waals surface area contributed by atoms with Crippen LogP contribution in [0.3, 0.4) is 0 Å². The van der Waals surface area contributed by atoms with Gasteiger partial charge >= 0.3 is 6.09 Å². The lowest BCUT2D eigenvalue weighted by Gasteiger charge is -2.21. The van der Waals surface area contributed by atoms with E-state index in [1.54, 1.807) is 23.7 Å². The number of hydrogen-bond acceptors (Lipinski definition) is 7. The Kier molecular flexibility index (Phi) is 7.22. The third kappa shape index (κ3) is 5.88. The number of alkyl carbamates (subject to hydrolysis) is 1. The molecule has 0 saturated carbocycles. The Hall–Kier alpha value is -3.42. The SMILES string of the molecule is Cn1cnc(CNC(=O)OCC2CCc3c(sc(NC(=O)C=Cc4ccsc4)c3C#N)C2)c1. The lowest BCUT2D eigenvalue weighted by atomic mass is 9.88. The number of nitriles is 1. The number of imidazole rings is 1. The van der Waals surface area contributed by atoms with Crippen molar-refractivity contribution in [3.05, 3.63) is 62.7 Å². The van der Waals surface area contributed by atoms with Gasteiger partial charge in [-0.15, -0.1) is 11.3 Å². The predicted octanol–water partition coefficient (Wildman–Crippen LogP) is 4.10. The number of carbonyl (C=O) groups excluding carboxylic acids is 2. The minimum Gasteiger partial charge on any atom is -0.449 e. The van der Waals surface area contributed by atoms with Crippen LogP contribution in [0.25, 0.3) is 6.08 Å². The number of thiophene rings is 2. The molecule has 2 N–H and O–H groups in total. The average molecular weight is 482 g/mol. The van der Waals surface area contributed by atoms with E-state index in [1.165, 1.54) is 17.4 Å². The summed E-state index contributed by atoms with van der Waals surface area (Å²) >= 11 is 3.00. The molecule has 0 bridgehead atoms. The van der Waals surface area contributed by atoms with Crippen molar-refractivity contribution in [1.29, 1.82) is 5.26 Å². The van der Waals surface area contributed by atoms with Gasteiger partial charge in [-0.1, -0.05) is 0 Å². The van der Waals surface area contributed by atoms with Gasteiger partial charge in [-0.05, 0) is 59.2 Å². The molecular formula is C23H23N5O3S2. The number of aryl methyl sites for hydroxylation is 1. The molecule has 1 unspecified atom stereocenters. The average Bonchev–Trinajstić information content (AvgIpc) is 3.54. The molecule has 33 heavy (non-hydrogen) atoms. The highest BCUT2D eigenvalue weighted by atomic mass is 32.1. The number of amides is 2. The lowest BCUT2D eigenvalue weighted by molar-refractivity contribution is -0.111. The first-order valence-electron chi connectivity index (χ1n) is 10.4. The van der Waals surface area contributed by atoms with Gasteiger partial charge < -0.3 is 19.9 Å². The van der Waals surface area contributed by atoms with E-state index < -0.39 is 6.09 Å². The standard InChI is InChI=1S/C23H23N5O3S2/c1-28-11-17(26-14-28)10-25-23(30)31-12-16-2-4-18-19(9-24)22(33-20(18)8-16)27-21(29)5-3-15-6-7-32-13-15/h3,5-7,11,13-14,16H,2,4,8,10,12H2,1H3,(H,25,30)(H,27,29). The molecule has 170 valence electrons. The van der Waals surface area contributed by atoms with Gasteiger partial charge in [0.15, 0.2) is 0 Å². The van der Waals surface area contributed by atoms with E-state index in [4.69, 9.17) is 4.74 Å². The van der Waals surface area contributed by atoms with Gasteiger partial charge in [0.05, 0.1) is 30.7 Å². The van der Waals surface area contributed by atoms with Crippen LogP contribution in [-0.2, 0) is 36.0 Å². The Morgan fingerprint density at radius 1 is 1.45 bits per heavy atom. The predicted molar refractivity (Wildman–Crippen MR) is 128 cm³/mol. The molecule has 8 nitrogen and oxygen atoms in total. The number of fused-ring (bicyclic) bond motifs is 1. The Balaban J connectivity index is 1.31. The van der Waals surface area contributed by atoms with E-state index in [9.17, 15) is 14.9 Å². The summed E-state index contributed by atoms with van der Waals surface area (Å²) in [6, 6.07) is 4.18. The van der Waals surface area contributed by atoms with Crippen molar-refractivity contribution in [3.8, 4) is 6.07 Å². The van der Waals surface area contributed by atoms with Gasteiger partial charge in [0, 0.05) is 24.2 Å². The fourth-order valence-corrected chi connectivity index (χ4v) is 5.61. The van der Waals surface area contributed by atoms with Gasteiger partial charge in [-0.2, -0.15) is 16.6 Å². The number of rotatable bonds is 7. The van der Waals surface area contributed by atoms with Crippen molar-refractivity contribution in [2.45, 2.75) is 25.8 Å². The Morgan fingerprint density at radius 3 is 3.06 bits per heavy atom. The number of hydrogen-bond donors (Lipinski definition) is 2. The number of nitrogens with zero attached hydrogens (tertiary/aromatic N) is 3. The second-order valence-electron chi connectivity index (χ2n) is 7.79. The number of anilines is 1. The maximum absolute atomic E-state index is 12.3. The highest BCUT2D eigenvalue weighted by Crippen LogP contribution is 2.39. The summed E-state index contributed by atoms with van der Waals surface area (Å²) in [6.07, 6.45) is 8.51. The topological polar surface area (TPSA) is 109 Å². The maximum atomic E-state index is 12.3. The molecule has 0 aliphatic heterocycles. The van der Waals surface area contributed by atoms with Crippen LogP contribution < -0.4 is 10.6 Å². The molecule has 0 spiro atoms. The zero-order valence-electron chi connectivity index (χ0n) is 18.0. The molecule has 3 aromatic heterocycles. The largest absolute Gasteiger partial charge is 0.449 e. The smallest absolute Gasteiger partial charge is 0.407 e. The molecule has 2 amide bonds. The molecular weight excluding hydrogens is 458 g/mol. The van der Waals surface area contributed by atoms with E-state index in [0.29, 0.717) is 30.1 Å². The maximum Gasteiger partial charge on any atom is 0.407 e. The molecule has 4 rings (SSSR count). The van der Waals surface area contributed by atoms with Crippen LogP contribution in [0, 0.1) is 17.2 Å². The van der Waals surface area contributed by atoms with Gasteiger partial charge in [0.2, 0.25) is 5.91 Å². The first-order valence-corrected chi connectivity index (χ1v) is 12.2. The molecule has 1 aliphatic rings. The molecule has 1 aliphatic carbocycles. The van der Waals surface area contributed by atoms with Crippen molar-refractivity contribution < 1.29 is 14.3 Å². The summed E-state index contributed by atoms with van der Waals surface area (Å²) in [7, 11) is 1.87. The van der Waals surface area contributed by atoms with Crippen molar-refractivity contribution in [3.63, 3.8) is 0 Å². The van der Waals surface area contributed by atoms with Crippen LogP contribution in [0.2, 0.25) is 0 Å². The molecule has 3 aromatic rings. The van der Waals surface area contributed by atoms with Crippen LogP contribution in [0.1, 0.15) is 33.7 Å². The Morgan fingerprint density at radius 2 is 2.33 bits per heavy atom. The summed E-state index contributed by atoms with van der Waals surface area (Å²) < 4.78 is 7.21. The van der Waals surface area contributed by atoms with Gasteiger partial charge in [-0.25, -0.2) is 9.78 Å². The zero-order chi connectivity index (χ0) is 23.2. The number of ether oxygens (including phenoxy) is 1. The minimum absolute atomic E-state index is 0.172. The van der Waals surface area contributed by atoms with Gasteiger partial charge in [0.25, 0.3) is 0 Å². The van der Waals surface area contributed by atoms with Crippen molar-refractivity contribution >= 4 is 45.8 Å². The molecule has 1 atom stereocenters. The highest BCUT2D eigenvalue weighted by molar-refractivity contribution is 7.16. The zero-order valence-corrected chi connectivity index (χ0v) is 19.7. The Bertz CT molecular complexity index is 1200. The summed E-state index contributed by atoms with van der Waals surface area (Å²) in [6.45, 7) is 0.618. The van der Waals surface area contributed by atoms with E-state index in [0.717, 1.165) is 34.5 Å².